The lowest BCUT2D eigenvalue weighted by Gasteiger charge is -2.28. The Morgan fingerprint density at radius 2 is 1.55 bits per heavy atom. The fraction of sp³-hybridized carbons (Fsp3) is 0.391. The van der Waals surface area contributed by atoms with Crippen molar-refractivity contribution in [2.45, 2.75) is 38.3 Å². The highest BCUT2D eigenvalue weighted by molar-refractivity contribution is 5.81. The van der Waals surface area contributed by atoms with Crippen molar-refractivity contribution in [3.63, 3.8) is 0 Å². The Morgan fingerprint density at radius 3 is 2.03 bits per heavy atom. The summed E-state index contributed by atoms with van der Waals surface area (Å²) in [6, 6.07) is 15.0. The quantitative estimate of drug-likeness (QED) is 0.793. The van der Waals surface area contributed by atoms with Crippen molar-refractivity contribution in [2.75, 3.05) is 20.3 Å². The van der Waals surface area contributed by atoms with Gasteiger partial charge in [0.25, 0.3) is 0 Å². The largest absolute Gasteiger partial charge is 0.480 e. The summed E-state index contributed by atoms with van der Waals surface area (Å²) in [5.74, 6) is -1.21. The van der Waals surface area contributed by atoms with Crippen molar-refractivity contribution >= 4 is 12.1 Å². The van der Waals surface area contributed by atoms with Gasteiger partial charge in [0.05, 0.1) is 12.2 Å². The third-order valence-electron chi connectivity index (χ3n) is 5.05. The number of benzene rings is 2. The minimum atomic E-state index is -1.13. The Bertz CT molecular complexity index is 857. The van der Waals surface area contributed by atoms with Gasteiger partial charge in [-0.1, -0.05) is 48.5 Å². The molecule has 6 nitrogen and oxygen atoms in total. The SMILES string of the molecule is CN(C(=O)OCC1c2ccccc2-c2ccccc21)[C@H](COC(C)(C)C)C(=O)O. The second kappa shape index (κ2) is 8.25. The normalized spacial score (nSPS) is 14.1. The molecule has 1 aliphatic rings. The van der Waals surface area contributed by atoms with E-state index in [1.807, 2.05) is 57.2 Å². The number of amides is 1. The molecular formula is C23H27NO5. The predicted molar refractivity (Wildman–Crippen MR) is 110 cm³/mol. The van der Waals surface area contributed by atoms with E-state index >= 15 is 0 Å². The van der Waals surface area contributed by atoms with E-state index in [-0.39, 0.29) is 19.1 Å². The molecule has 0 fully saturated rings. The lowest BCUT2D eigenvalue weighted by atomic mass is 9.98. The Hall–Kier alpha value is -2.86. The standard InChI is InChI=1S/C23H27NO5/c1-23(2,3)29-14-20(21(25)26)24(4)22(27)28-13-19-17-11-7-5-9-15(17)16-10-6-8-12-18(16)19/h5-12,19-20H,13-14H2,1-4H3,(H,25,26)/t20-/m1/s1. The van der Waals surface area contributed by atoms with Gasteiger partial charge in [-0.15, -0.1) is 0 Å². The summed E-state index contributed by atoms with van der Waals surface area (Å²) in [4.78, 5) is 25.3. The number of carbonyl (C=O) groups excluding carboxylic acids is 1. The van der Waals surface area contributed by atoms with E-state index in [1.165, 1.54) is 7.05 Å². The number of carboxylic acids is 1. The smallest absolute Gasteiger partial charge is 0.410 e. The maximum absolute atomic E-state index is 12.6. The second-order valence-corrected chi connectivity index (χ2v) is 8.19. The van der Waals surface area contributed by atoms with Gasteiger partial charge in [0, 0.05) is 13.0 Å². The van der Waals surface area contributed by atoms with Gasteiger partial charge in [-0.3, -0.25) is 4.90 Å². The molecule has 1 amide bonds. The summed E-state index contributed by atoms with van der Waals surface area (Å²) in [6.45, 7) is 5.53. The van der Waals surface area contributed by atoms with Crippen LogP contribution in [0.1, 0.15) is 37.8 Å². The molecule has 0 aliphatic heterocycles. The molecular weight excluding hydrogens is 370 g/mol. The summed E-state index contributed by atoms with van der Waals surface area (Å²) in [5, 5.41) is 9.50. The van der Waals surface area contributed by atoms with Crippen LogP contribution in [0.3, 0.4) is 0 Å². The van der Waals surface area contributed by atoms with E-state index < -0.39 is 23.7 Å². The summed E-state index contributed by atoms with van der Waals surface area (Å²) < 4.78 is 11.1. The monoisotopic (exact) mass is 397 g/mol. The summed E-state index contributed by atoms with van der Waals surface area (Å²) in [7, 11) is 1.42. The predicted octanol–water partition coefficient (Wildman–Crippen LogP) is 4.14. The van der Waals surface area contributed by atoms with Crippen molar-refractivity contribution in [3.8, 4) is 11.1 Å². The molecule has 6 heteroatoms. The first kappa shape index (κ1) is 20.9. The molecule has 0 bridgehead atoms. The second-order valence-electron chi connectivity index (χ2n) is 8.19. The first-order chi connectivity index (χ1) is 13.7. The number of hydrogen-bond donors (Lipinski definition) is 1. The number of carbonyl (C=O) groups is 2. The average molecular weight is 397 g/mol. The van der Waals surface area contributed by atoms with Crippen molar-refractivity contribution in [1.82, 2.24) is 4.90 Å². The highest BCUT2D eigenvalue weighted by Gasteiger charge is 2.32. The van der Waals surface area contributed by atoms with Crippen LogP contribution in [0.25, 0.3) is 11.1 Å². The van der Waals surface area contributed by atoms with Crippen LogP contribution in [0.15, 0.2) is 48.5 Å². The molecule has 0 saturated carbocycles. The summed E-state index contributed by atoms with van der Waals surface area (Å²) in [5.41, 5.74) is 3.99. The van der Waals surface area contributed by atoms with Crippen LogP contribution in [0, 0.1) is 0 Å². The number of likely N-dealkylation sites (N-methyl/N-ethyl adjacent to an activating group) is 1. The lowest BCUT2D eigenvalue weighted by molar-refractivity contribution is -0.146. The zero-order chi connectivity index (χ0) is 21.2. The summed E-state index contributed by atoms with van der Waals surface area (Å²) in [6.07, 6.45) is -0.684. The minimum Gasteiger partial charge on any atom is -0.480 e. The third kappa shape index (κ3) is 4.59. The molecule has 1 atom stereocenters. The number of nitrogens with zero attached hydrogens (tertiary/aromatic N) is 1. The Morgan fingerprint density at radius 1 is 1.03 bits per heavy atom. The summed E-state index contributed by atoms with van der Waals surface area (Å²) >= 11 is 0. The molecule has 0 spiro atoms. The number of fused-ring (bicyclic) bond motifs is 3. The van der Waals surface area contributed by atoms with Gasteiger partial charge in [-0.2, -0.15) is 0 Å². The molecule has 0 aromatic heterocycles. The van der Waals surface area contributed by atoms with E-state index in [0.29, 0.717) is 0 Å². The molecule has 2 aromatic carbocycles. The van der Waals surface area contributed by atoms with Gasteiger partial charge in [0.2, 0.25) is 0 Å². The highest BCUT2D eigenvalue weighted by Crippen LogP contribution is 2.44. The zero-order valence-corrected chi connectivity index (χ0v) is 17.2. The van der Waals surface area contributed by atoms with E-state index in [0.717, 1.165) is 27.2 Å². The van der Waals surface area contributed by atoms with E-state index in [4.69, 9.17) is 9.47 Å². The van der Waals surface area contributed by atoms with Crippen molar-refractivity contribution in [2.24, 2.45) is 0 Å². The van der Waals surface area contributed by atoms with Crippen LogP contribution >= 0.6 is 0 Å². The van der Waals surface area contributed by atoms with E-state index in [2.05, 4.69) is 12.1 Å². The van der Waals surface area contributed by atoms with Crippen molar-refractivity contribution in [1.29, 1.82) is 0 Å². The molecule has 29 heavy (non-hydrogen) atoms. The Balaban J connectivity index is 1.70. The van der Waals surface area contributed by atoms with Gasteiger partial charge in [0.1, 0.15) is 6.61 Å². The number of hydrogen-bond acceptors (Lipinski definition) is 4. The molecule has 154 valence electrons. The maximum atomic E-state index is 12.6. The molecule has 2 aromatic rings. The van der Waals surface area contributed by atoms with Crippen LogP contribution in [-0.4, -0.2) is 54.0 Å². The molecule has 3 rings (SSSR count). The first-order valence-electron chi connectivity index (χ1n) is 9.63. The van der Waals surface area contributed by atoms with Gasteiger partial charge in [0.15, 0.2) is 6.04 Å². The van der Waals surface area contributed by atoms with E-state index in [9.17, 15) is 14.7 Å². The van der Waals surface area contributed by atoms with Crippen LogP contribution < -0.4 is 0 Å². The third-order valence-corrected chi connectivity index (χ3v) is 5.05. The van der Waals surface area contributed by atoms with Crippen LogP contribution in [0.5, 0.6) is 0 Å². The van der Waals surface area contributed by atoms with Gasteiger partial charge >= 0.3 is 12.1 Å². The number of rotatable bonds is 6. The highest BCUT2D eigenvalue weighted by atomic mass is 16.6. The molecule has 1 aliphatic carbocycles. The van der Waals surface area contributed by atoms with Crippen LogP contribution in [0.2, 0.25) is 0 Å². The van der Waals surface area contributed by atoms with Crippen LogP contribution in [0.4, 0.5) is 4.79 Å². The van der Waals surface area contributed by atoms with E-state index in [1.54, 1.807) is 0 Å². The average Bonchev–Trinajstić information content (AvgIpc) is 2.99. The zero-order valence-electron chi connectivity index (χ0n) is 17.2. The van der Waals surface area contributed by atoms with Gasteiger partial charge in [-0.05, 0) is 43.0 Å². The molecule has 0 unspecified atom stereocenters. The van der Waals surface area contributed by atoms with Gasteiger partial charge in [-0.25, -0.2) is 9.59 Å². The molecule has 1 N–H and O–H groups in total. The molecule has 0 radical (unpaired) electrons. The Kier molecular flexibility index (Phi) is 5.94. The molecule has 0 saturated heterocycles. The number of carboxylic acid groups (broad SMARTS) is 1. The fourth-order valence-corrected chi connectivity index (χ4v) is 3.50. The number of aliphatic carboxylic acids is 1. The van der Waals surface area contributed by atoms with Crippen molar-refractivity contribution in [3.05, 3.63) is 59.7 Å². The lowest BCUT2D eigenvalue weighted by Crippen LogP contribution is -2.47. The first-order valence-corrected chi connectivity index (χ1v) is 9.63. The van der Waals surface area contributed by atoms with Crippen LogP contribution in [-0.2, 0) is 14.3 Å². The number of ether oxygens (including phenoxy) is 2. The van der Waals surface area contributed by atoms with Gasteiger partial charge < -0.3 is 14.6 Å². The Labute approximate surface area is 171 Å². The maximum Gasteiger partial charge on any atom is 0.410 e. The minimum absolute atomic E-state index is 0.0751. The van der Waals surface area contributed by atoms with Crippen molar-refractivity contribution < 1.29 is 24.2 Å². The topological polar surface area (TPSA) is 76.1 Å². The molecule has 0 heterocycles. The fourth-order valence-electron chi connectivity index (χ4n) is 3.50.